The third kappa shape index (κ3) is 3.41. The van der Waals surface area contributed by atoms with E-state index in [1.165, 1.54) is 18.4 Å². The maximum absolute atomic E-state index is 11.6. The van der Waals surface area contributed by atoms with Gasteiger partial charge in [0.05, 0.1) is 16.8 Å². The molecule has 2 aromatic carbocycles. The Kier molecular flexibility index (Phi) is 4.48. The molecule has 1 atom stereocenters. The molecule has 1 fully saturated rings. The molecule has 128 valence electrons. The molecule has 0 aromatic heterocycles. The van der Waals surface area contributed by atoms with Gasteiger partial charge in [-0.2, -0.15) is 5.10 Å². The topological polar surface area (TPSA) is 32.7 Å². The van der Waals surface area contributed by atoms with Crippen LogP contribution in [-0.4, -0.2) is 11.0 Å². The van der Waals surface area contributed by atoms with Crippen LogP contribution in [0.2, 0.25) is 10.0 Å². The first kappa shape index (κ1) is 16.9. The van der Waals surface area contributed by atoms with Crippen molar-refractivity contribution in [3.8, 4) is 0 Å². The molecule has 0 bridgehead atoms. The summed E-state index contributed by atoms with van der Waals surface area (Å²) in [4.78, 5) is 11.6. The standard InChI is InChI=1S/C19H15Cl3N2O/c20-14-6-3-12(4-7-14)18-10-16(19(22)25)23-24(18)17-8-5-13(9-15(17)21)11-1-2-11/h3-9,11,18H,1-2,10H2. The van der Waals surface area contributed by atoms with Gasteiger partial charge in [0.25, 0.3) is 5.24 Å². The molecule has 1 saturated carbocycles. The first-order valence-electron chi connectivity index (χ1n) is 8.14. The largest absolute Gasteiger partial charge is 0.274 e. The van der Waals surface area contributed by atoms with Crippen LogP contribution in [0.3, 0.4) is 0 Å². The zero-order valence-corrected chi connectivity index (χ0v) is 15.5. The van der Waals surface area contributed by atoms with Gasteiger partial charge in [0.1, 0.15) is 5.71 Å². The zero-order chi connectivity index (χ0) is 17.6. The number of rotatable bonds is 4. The van der Waals surface area contributed by atoms with Crippen LogP contribution in [0.5, 0.6) is 0 Å². The molecule has 1 unspecified atom stereocenters. The Balaban J connectivity index is 1.72. The SMILES string of the molecule is O=C(Cl)C1=NN(c2ccc(C3CC3)cc2Cl)C(c2ccc(Cl)cc2)C1. The molecular weight excluding hydrogens is 379 g/mol. The summed E-state index contributed by atoms with van der Waals surface area (Å²) in [5, 5.41) is 6.99. The smallest absolute Gasteiger partial charge is 0.268 e. The molecule has 1 aliphatic heterocycles. The number of hydrazone groups is 1. The summed E-state index contributed by atoms with van der Waals surface area (Å²) < 4.78 is 0. The molecule has 1 aliphatic carbocycles. The number of carbonyl (C=O) groups excluding carboxylic acids is 1. The summed E-state index contributed by atoms with van der Waals surface area (Å²) in [5.74, 6) is 0.626. The number of nitrogens with zero attached hydrogens (tertiary/aromatic N) is 2. The predicted molar refractivity (Wildman–Crippen MR) is 103 cm³/mol. The molecule has 3 nitrogen and oxygen atoms in total. The molecular formula is C19H15Cl3N2O. The number of halogens is 3. The van der Waals surface area contributed by atoms with Crippen LogP contribution in [0.25, 0.3) is 0 Å². The first-order chi connectivity index (χ1) is 12.0. The molecule has 2 aliphatic rings. The lowest BCUT2D eigenvalue weighted by Crippen LogP contribution is -2.19. The number of hydrogen-bond acceptors (Lipinski definition) is 3. The van der Waals surface area contributed by atoms with E-state index in [9.17, 15) is 4.79 Å². The summed E-state index contributed by atoms with van der Waals surface area (Å²) in [6, 6.07) is 13.5. The van der Waals surface area contributed by atoms with E-state index in [0.29, 0.717) is 28.1 Å². The molecule has 2 aromatic rings. The van der Waals surface area contributed by atoms with Crippen molar-refractivity contribution in [1.82, 2.24) is 0 Å². The highest BCUT2D eigenvalue weighted by molar-refractivity contribution is 6.82. The molecule has 0 saturated heterocycles. The van der Waals surface area contributed by atoms with Crippen molar-refractivity contribution in [2.75, 3.05) is 5.01 Å². The zero-order valence-electron chi connectivity index (χ0n) is 13.3. The van der Waals surface area contributed by atoms with Crippen molar-refractivity contribution >= 4 is 51.4 Å². The van der Waals surface area contributed by atoms with E-state index < -0.39 is 5.24 Å². The normalized spacial score (nSPS) is 19.9. The molecule has 25 heavy (non-hydrogen) atoms. The lowest BCUT2D eigenvalue weighted by Gasteiger charge is -2.25. The van der Waals surface area contributed by atoms with Gasteiger partial charge < -0.3 is 0 Å². The quantitative estimate of drug-likeness (QED) is 0.602. The van der Waals surface area contributed by atoms with Crippen molar-refractivity contribution in [3.63, 3.8) is 0 Å². The van der Waals surface area contributed by atoms with Crippen molar-refractivity contribution in [1.29, 1.82) is 0 Å². The second-order valence-corrected chi connectivity index (χ2v) is 7.61. The third-order valence-electron chi connectivity index (χ3n) is 4.66. The van der Waals surface area contributed by atoms with E-state index in [1.807, 2.05) is 36.4 Å². The maximum atomic E-state index is 11.6. The minimum absolute atomic E-state index is 0.140. The molecule has 4 rings (SSSR count). The highest BCUT2D eigenvalue weighted by Crippen LogP contribution is 2.44. The summed E-state index contributed by atoms with van der Waals surface area (Å²) in [5.41, 5.74) is 3.37. The van der Waals surface area contributed by atoms with Crippen LogP contribution in [-0.2, 0) is 4.79 Å². The Hall–Kier alpha value is -1.55. The van der Waals surface area contributed by atoms with Crippen molar-refractivity contribution in [3.05, 3.63) is 63.6 Å². The van der Waals surface area contributed by atoms with Gasteiger partial charge in [-0.3, -0.25) is 9.80 Å². The van der Waals surface area contributed by atoms with E-state index in [2.05, 4.69) is 11.2 Å². The lowest BCUT2D eigenvalue weighted by atomic mass is 10.0. The molecule has 0 N–H and O–H groups in total. The summed E-state index contributed by atoms with van der Waals surface area (Å²) in [6.45, 7) is 0. The third-order valence-corrected chi connectivity index (χ3v) is 5.43. The van der Waals surface area contributed by atoms with Gasteiger partial charge >= 0.3 is 0 Å². The van der Waals surface area contributed by atoms with Crippen LogP contribution in [0.4, 0.5) is 5.69 Å². The highest BCUT2D eigenvalue weighted by Gasteiger charge is 2.33. The summed E-state index contributed by atoms with van der Waals surface area (Å²) >= 11 is 18.2. The van der Waals surface area contributed by atoms with Gasteiger partial charge in [-0.25, -0.2) is 0 Å². The fourth-order valence-corrected chi connectivity index (χ4v) is 3.69. The van der Waals surface area contributed by atoms with Gasteiger partial charge in [0, 0.05) is 11.4 Å². The number of benzene rings is 2. The fraction of sp³-hybridized carbons (Fsp3) is 0.263. The molecule has 0 spiro atoms. The Bertz CT molecular complexity index is 859. The molecule has 6 heteroatoms. The van der Waals surface area contributed by atoms with Gasteiger partial charge in [-0.05, 0) is 65.8 Å². The second-order valence-electron chi connectivity index (χ2n) is 6.42. The van der Waals surface area contributed by atoms with Crippen LogP contribution >= 0.6 is 34.8 Å². The minimum atomic E-state index is -0.535. The average molecular weight is 394 g/mol. The van der Waals surface area contributed by atoms with E-state index in [1.54, 1.807) is 5.01 Å². The van der Waals surface area contributed by atoms with Gasteiger partial charge in [0.2, 0.25) is 0 Å². The Labute approximate surface area is 161 Å². The highest BCUT2D eigenvalue weighted by atomic mass is 35.5. The van der Waals surface area contributed by atoms with Crippen molar-refractivity contribution in [2.45, 2.75) is 31.2 Å². The predicted octanol–water partition coefficient (Wildman–Crippen LogP) is 5.94. The number of hydrogen-bond donors (Lipinski definition) is 0. The van der Waals surface area contributed by atoms with Crippen LogP contribution in [0.1, 0.15) is 42.3 Å². The van der Waals surface area contributed by atoms with Crippen LogP contribution in [0, 0.1) is 0 Å². The molecule has 0 amide bonds. The van der Waals surface area contributed by atoms with E-state index in [4.69, 9.17) is 34.8 Å². The van der Waals surface area contributed by atoms with E-state index in [-0.39, 0.29) is 6.04 Å². The Morgan fingerprint density at radius 1 is 1.04 bits per heavy atom. The minimum Gasteiger partial charge on any atom is -0.274 e. The average Bonchev–Trinajstić information content (AvgIpc) is 3.34. The van der Waals surface area contributed by atoms with Gasteiger partial charge in [0.15, 0.2) is 0 Å². The fourth-order valence-electron chi connectivity index (χ4n) is 3.18. The van der Waals surface area contributed by atoms with Crippen molar-refractivity contribution in [2.24, 2.45) is 5.10 Å². The molecule has 1 heterocycles. The van der Waals surface area contributed by atoms with Crippen molar-refractivity contribution < 1.29 is 4.79 Å². The number of carbonyl (C=O) groups is 1. The monoisotopic (exact) mass is 392 g/mol. The number of anilines is 1. The Morgan fingerprint density at radius 2 is 1.72 bits per heavy atom. The van der Waals surface area contributed by atoms with E-state index >= 15 is 0 Å². The van der Waals surface area contributed by atoms with E-state index in [0.717, 1.165) is 11.3 Å². The van der Waals surface area contributed by atoms with Crippen LogP contribution < -0.4 is 5.01 Å². The lowest BCUT2D eigenvalue weighted by molar-refractivity contribution is -0.106. The summed E-state index contributed by atoms with van der Waals surface area (Å²) in [7, 11) is 0. The second kappa shape index (κ2) is 6.64. The Morgan fingerprint density at radius 3 is 2.32 bits per heavy atom. The summed E-state index contributed by atoms with van der Waals surface area (Å²) in [6.07, 6.45) is 2.87. The van der Waals surface area contributed by atoms with Gasteiger partial charge in [-0.15, -0.1) is 0 Å². The first-order valence-corrected chi connectivity index (χ1v) is 9.28. The molecule has 0 radical (unpaired) electrons. The maximum Gasteiger partial charge on any atom is 0.268 e. The van der Waals surface area contributed by atoms with Gasteiger partial charge in [-0.1, -0.05) is 41.4 Å². The van der Waals surface area contributed by atoms with Crippen LogP contribution in [0.15, 0.2) is 47.6 Å².